The molecule has 1 aromatic rings. The number of hydrogen-bond acceptors (Lipinski definition) is 3. The second kappa shape index (κ2) is 7.62. The topological polar surface area (TPSA) is 63.3 Å². The first-order valence-corrected chi connectivity index (χ1v) is 8.48. The fourth-order valence-corrected chi connectivity index (χ4v) is 3.50. The van der Waals surface area contributed by atoms with Crippen molar-refractivity contribution in [1.82, 2.24) is 10.3 Å². The standard InChI is InChI=1S/C15H26N4S/c1-11(2)10-18-15(16)17-9-5-8-14-19-12-6-3-4-7-13(12)20-14/h11H,3-10H2,1-2H3,(H3,16,17,18). The Morgan fingerprint density at radius 1 is 1.40 bits per heavy atom. The van der Waals surface area contributed by atoms with Crippen LogP contribution in [0.3, 0.4) is 0 Å². The predicted molar refractivity (Wildman–Crippen MR) is 86.4 cm³/mol. The summed E-state index contributed by atoms with van der Waals surface area (Å²) in [5.74, 6) is 1.12. The normalized spacial score (nSPS) is 15.4. The molecule has 112 valence electrons. The summed E-state index contributed by atoms with van der Waals surface area (Å²) in [6.45, 7) is 5.94. The molecule has 0 atom stereocenters. The zero-order valence-corrected chi connectivity index (χ0v) is 13.4. The molecular weight excluding hydrogens is 268 g/mol. The molecule has 0 bridgehead atoms. The lowest BCUT2D eigenvalue weighted by Gasteiger charge is -2.06. The fourth-order valence-electron chi connectivity index (χ4n) is 2.31. The van der Waals surface area contributed by atoms with E-state index < -0.39 is 0 Å². The first-order valence-electron chi connectivity index (χ1n) is 7.66. The smallest absolute Gasteiger partial charge is 0.188 e. The number of nitrogens with one attached hydrogen (secondary N) is 1. The number of nitrogens with two attached hydrogens (primary N) is 1. The van der Waals surface area contributed by atoms with E-state index in [1.165, 1.54) is 41.3 Å². The second-order valence-electron chi connectivity index (χ2n) is 5.83. The van der Waals surface area contributed by atoms with E-state index in [0.717, 1.165) is 25.9 Å². The van der Waals surface area contributed by atoms with Crippen molar-refractivity contribution in [2.75, 3.05) is 13.1 Å². The molecule has 0 saturated carbocycles. The monoisotopic (exact) mass is 294 g/mol. The molecule has 0 unspecified atom stereocenters. The number of thiazole rings is 1. The molecule has 0 saturated heterocycles. The van der Waals surface area contributed by atoms with E-state index in [1.807, 2.05) is 11.3 Å². The molecule has 0 fully saturated rings. The third-order valence-electron chi connectivity index (χ3n) is 3.39. The number of aliphatic imine (C=N–C) groups is 1. The van der Waals surface area contributed by atoms with Crippen LogP contribution in [0, 0.1) is 5.92 Å². The summed E-state index contributed by atoms with van der Waals surface area (Å²) in [5.41, 5.74) is 7.17. The van der Waals surface area contributed by atoms with Gasteiger partial charge in [-0.25, -0.2) is 4.98 Å². The molecule has 1 aromatic heterocycles. The van der Waals surface area contributed by atoms with Crippen molar-refractivity contribution in [2.45, 2.75) is 52.4 Å². The van der Waals surface area contributed by atoms with Gasteiger partial charge in [-0.2, -0.15) is 0 Å². The van der Waals surface area contributed by atoms with Crippen LogP contribution in [0.25, 0.3) is 0 Å². The van der Waals surface area contributed by atoms with Gasteiger partial charge in [0, 0.05) is 24.4 Å². The summed E-state index contributed by atoms with van der Waals surface area (Å²) in [5, 5.41) is 4.46. The van der Waals surface area contributed by atoms with Gasteiger partial charge in [-0.05, 0) is 38.0 Å². The van der Waals surface area contributed by atoms with Crippen molar-refractivity contribution < 1.29 is 0 Å². The van der Waals surface area contributed by atoms with Crippen molar-refractivity contribution in [3.63, 3.8) is 0 Å². The van der Waals surface area contributed by atoms with E-state index in [4.69, 9.17) is 10.7 Å². The number of fused-ring (bicyclic) bond motifs is 1. The highest BCUT2D eigenvalue weighted by Crippen LogP contribution is 2.27. The van der Waals surface area contributed by atoms with Gasteiger partial charge in [0.2, 0.25) is 0 Å². The highest BCUT2D eigenvalue weighted by atomic mass is 32.1. The first-order chi connectivity index (χ1) is 9.65. The van der Waals surface area contributed by atoms with E-state index in [2.05, 4.69) is 24.2 Å². The highest BCUT2D eigenvalue weighted by Gasteiger charge is 2.14. The molecule has 1 heterocycles. The molecule has 1 aliphatic rings. The van der Waals surface area contributed by atoms with Gasteiger partial charge in [-0.1, -0.05) is 13.8 Å². The molecule has 5 heteroatoms. The van der Waals surface area contributed by atoms with Crippen LogP contribution in [0.5, 0.6) is 0 Å². The minimum atomic E-state index is 0.553. The van der Waals surface area contributed by atoms with Crippen LogP contribution in [-0.4, -0.2) is 24.0 Å². The Labute approximate surface area is 125 Å². The third-order valence-corrected chi connectivity index (χ3v) is 4.61. The van der Waals surface area contributed by atoms with Crippen LogP contribution in [-0.2, 0) is 19.3 Å². The molecule has 4 nitrogen and oxygen atoms in total. The average Bonchev–Trinajstić information content (AvgIpc) is 2.84. The minimum Gasteiger partial charge on any atom is -0.370 e. The van der Waals surface area contributed by atoms with Crippen molar-refractivity contribution >= 4 is 17.3 Å². The van der Waals surface area contributed by atoms with Gasteiger partial charge in [0.25, 0.3) is 0 Å². The Balaban J connectivity index is 1.68. The van der Waals surface area contributed by atoms with Gasteiger partial charge in [0.15, 0.2) is 5.96 Å². The Hall–Kier alpha value is -1.10. The van der Waals surface area contributed by atoms with Gasteiger partial charge in [-0.3, -0.25) is 4.99 Å². The van der Waals surface area contributed by atoms with Crippen LogP contribution in [0.2, 0.25) is 0 Å². The molecule has 1 aliphatic carbocycles. The number of guanidine groups is 1. The Kier molecular flexibility index (Phi) is 5.83. The van der Waals surface area contributed by atoms with E-state index >= 15 is 0 Å². The summed E-state index contributed by atoms with van der Waals surface area (Å²) >= 11 is 1.91. The average molecular weight is 294 g/mol. The van der Waals surface area contributed by atoms with Gasteiger partial charge < -0.3 is 11.1 Å². The van der Waals surface area contributed by atoms with E-state index in [1.54, 1.807) is 0 Å². The lowest BCUT2D eigenvalue weighted by atomic mass is 10.0. The summed E-state index contributed by atoms with van der Waals surface area (Å²) < 4.78 is 0. The van der Waals surface area contributed by atoms with Crippen LogP contribution < -0.4 is 11.1 Å². The number of hydrogen-bond donors (Lipinski definition) is 2. The number of aryl methyl sites for hydroxylation is 3. The maximum Gasteiger partial charge on any atom is 0.188 e. The lowest BCUT2D eigenvalue weighted by molar-refractivity contribution is 0.659. The van der Waals surface area contributed by atoms with Gasteiger partial charge in [0.1, 0.15) is 0 Å². The van der Waals surface area contributed by atoms with E-state index in [9.17, 15) is 0 Å². The van der Waals surface area contributed by atoms with Crippen molar-refractivity contribution in [1.29, 1.82) is 0 Å². The Bertz CT molecular complexity index is 427. The molecule has 0 amide bonds. The SMILES string of the molecule is CC(C)CN=C(N)NCCCc1nc2c(s1)CCCC2. The number of aromatic nitrogens is 1. The third kappa shape index (κ3) is 4.78. The van der Waals surface area contributed by atoms with E-state index in [0.29, 0.717) is 11.9 Å². The highest BCUT2D eigenvalue weighted by molar-refractivity contribution is 7.11. The van der Waals surface area contributed by atoms with Crippen molar-refractivity contribution in [3.8, 4) is 0 Å². The largest absolute Gasteiger partial charge is 0.370 e. The summed E-state index contributed by atoms with van der Waals surface area (Å²) in [4.78, 5) is 10.6. The predicted octanol–water partition coefficient (Wildman–Crippen LogP) is 2.51. The van der Waals surface area contributed by atoms with Crippen LogP contribution >= 0.6 is 11.3 Å². The molecule has 0 aromatic carbocycles. The lowest BCUT2D eigenvalue weighted by Crippen LogP contribution is -2.33. The Morgan fingerprint density at radius 2 is 2.20 bits per heavy atom. The van der Waals surface area contributed by atoms with Crippen LogP contribution in [0.4, 0.5) is 0 Å². The van der Waals surface area contributed by atoms with Crippen LogP contribution in [0.15, 0.2) is 4.99 Å². The molecule has 0 aliphatic heterocycles. The quantitative estimate of drug-likeness (QED) is 0.481. The summed E-state index contributed by atoms with van der Waals surface area (Å²) in [6.07, 6.45) is 7.16. The molecular formula is C15H26N4S. The molecule has 20 heavy (non-hydrogen) atoms. The Morgan fingerprint density at radius 3 is 2.95 bits per heavy atom. The number of rotatable bonds is 6. The van der Waals surface area contributed by atoms with Gasteiger partial charge >= 0.3 is 0 Å². The first kappa shape index (κ1) is 15.3. The molecule has 3 N–H and O–H groups in total. The molecule has 0 radical (unpaired) electrons. The maximum atomic E-state index is 5.81. The summed E-state index contributed by atoms with van der Waals surface area (Å²) in [7, 11) is 0. The second-order valence-corrected chi connectivity index (χ2v) is 7.00. The van der Waals surface area contributed by atoms with Crippen molar-refractivity contribution in [3.05, 3.63) is 15.6 Å². The van der Waals surface area contributed by atoms with Crippen LogP contribution in [0.1, 0.15) is 48.7 Å². The van der Waals surface area contributed by atoms with Gasteiger partial charge in [-0.15, -0.1) is 11.3 Å². The fraction of sp³-hybridized carbons (Fsp3) is 0.733. The van der Waals surface area contributed by atoms with Gasteiger partial charge in [0.05, 0.1) is 10.7 Å². The summed E-state index contributed by atoms with van der Waals surface area (Å²) in [6, 6.07) is 0. The number of nitrogens with zero attached hydrogens (tertiary/aromatic N) is 2. The zero-order chi connectivity index (χ0) is 14.4. The zero-order valence-electron chi connectivity index (χ0n) is 12.6. The maximum absolute atomic E-state index is 5.81. The van der Waals surface area contributed by atoms with Crippen molar-refractivity contribution in [2.24, 2.45) is 16.6 Å². The molecule has 2 rings (SSSR count). The van der Waals surface area contributed by atoms with E-state index in [-0.39, 0.29) is 0 Å². The minimum absolute atomic E-state index is 0.553. The molecule has 0 spiro atoms.